The summed E-state index contributed by atoms with van der Waals surface area (Å²) >= 11 is 7.89. The van der Waals surface area contributed by atoms with Crippen LogP contribution in [0, 0.1) is 0 Å². The van der Waals surface area contributed by atoms with Crippen LogP contribution >= 0.6 is 22.9 Å². The molecule has 0 spiro atoms. The summed E-state index contributed by atoms with van der Waals surface area (Å²) in [5, 5.41) is 2.62. The average Bonchev–Trinajstić information content (AvgIpc) is 3.44. The van der Waals surface area contributed by atoms with Crippen LogP contribution in [-0.2, 0) is 11.3 Å². The number of nitrogens with zero attached hydrogens (tertiary/aromatic N) is 1. The Labute approximate surface area is 167 Å². The van der Waals surface area contributed by atoms with Crippen molar-refractivity contribution in [3.05, 3.63) is 69.6 Å². The van der Waals surface area contributed by atoms with Crippen LogP contribution in [0.4, 0.5) is 0 Å². The third-order valence-electron chi connectivity index (χ3n) is 4.62. The van der Waals surface area contributed by atoms with Crippen molar-refractivity contribution in [3.63, 3.8) is 0 Å². The molecule has 0 bridgehead atoms. The smallest absolute Gasteiger partial charge is 0.289 e. The molecule has 0 radical (unpaired) electrons. The molecule has 1 amide bonds. The standard InChI is InChI=1S/C21H20ClNO3S/c22-18-8-2-1-7-17(18)19-9-10-20(26-19)21(24)23(13-15-5-3-11-25-15)14-16-6-4-12-27-16/h1-2,4,6-10,12,15H,3,5,11,13-14H2. The van der Waals surface area contributed by atoms with Gasteiger partial charge in [0.05, 0.1) is 17.7 Å². The second kappa shape index (κ2) is 8.30. The Morgan fingerprint density at radius 3 is 2.81 bits per heavy atom. The van der Waals surface area contributed by atoms with Crippen LogP contribution in [-0.4, -0.2) is 30.1 Å². The van der Waals surface area contributed by atoms with Gasteiger partial charge < -0.3 is 14.1 Å². The largest absolute Gasteiger partial charge is 0.451 e. The topological polar surface area (TPSA) is 42.7 Å². The zero-order chi connectivity index (χ0) is 18.6. The van der Waals surface area contributed by atoms with Crippen molar-refractivity contribution in [3.8, 4) is 11.3 Å². The Kier molecular flexibility index (Phi) is 5.62. The Morgan fingerprint density at radius 1 is 1.19 bits per heavy atom. The number of furan rings is 1. The first kappa shape index (κ1) is 18.3. The quantitative estimate of drug-likeness (QED) is 0.549. The van der Waals surface area contributed by atoms with E-state index in [-0.39, 0.29) is 12.0 Å². The van der Waals surface area contributed by atoms with E-state index in [1.807, 2.05) is 40.6 Å². The van der Waals surface area contributed by atoms with Crippen LogP contribution in [0.15, 0.2) is 58.3 Å². The van der Waals surface area contributed by atoms with Crippen molar-refractivity contribution in [2.75, 3.05) is 13.2 Å². The normalized spacial score (nSPS) is 16.6. The molecule has 1 fully saturated rings. The number of amides is 1. The van der Waals surface area contributed by atoms with E-state index in [1.165, 1.54) is 0 Å². The summed E-state index contributed by atoms with van der Waals surface area (Å²) in [6.45, 7) is 1.89. The molecule has 3 heterocycles. The van der Waals surface area contributed by atoms with Gasteiger partial charge >= 0.3 is 0 Å². The maximum atomic E-state index is 13.1. The highest BCUT2D eigenvalue weighted by Crippen LogP contribution is 2.30. The number of hydrogen-bond acceptors (Lipinski definition) is 4. The number of hydrogen-bond donors (Lipinski definition) is 0. The summed E-state index contributed by atoms with van der Waals surface area (Å²) in [6, 6.07) is 15.0. The molecule has 0 aliphatic carbocycles. The SMILES string of the molecule is O=C(c1ccc(-c2ccccc2Cl)o1)N(Cc1cccs1)CC1CCCO1. The number of ether oxygens (including phenoxy) is 1. The van der Waals surface area contributed by atoms with Gasteiger partial charge in [-0.3, -0.25) is 4.79 Å². The molecule has 1 aliphatic heterocycles. The number of carbonyl (C=O) groups is 1. The molecular weight excluding hydrogens is 382 g/mol. The molecule has 1 aliphatic rings. The van der Waals surface area contributed by atoms with Crippen LogP contribution in [0.2, 0.25) is 5.02 Å². The van der Waals surface area contributed by atoms with E-state index in [0.29, 0.717) is 29.6 Å². The number of thiophene rings is 1. The zero-order valence-corrected chi connectivity index (χ0v) is 16.3. The highest BCUT2D eigenvalue weighted by atomic mass is 35.5. The van der Waals surface area contributed by atoms with Crippen LogP contribution in [0.1, 0.15) is 28.3 Å². The minimum Gasteiger partial charge on any atom is -0.451 e. The molecule has 2 aromatic heterocycles. The number of carbonyl (C=O) groups excluding carboxylic acids is 1. The molecule has 1 aromatic carbocycles. The van der Waals surface area contributed by atoms with Gasteiger partial charge in [-0.05, 0) is 48.6 Å². The van der Waals surface area contributed by atoms with Gasteiger partial charge in [0.1, 0.15) is 5.76 Å². The fourth-order valence-electron chi connectivity index (χ4n) is 3.26. The van der Waals surface area contributed by atoms with E-state index in [4.69, 9.17) is 20.8 Å². The summed E-state index contributed by atoms with van der Waals surface area (Å²) in [7, 11) is 0. The highest BCUT2D eigenvalue weighted by molar-refractivity contribution is 7.09. The molecule has 3 aromatic rings. The molecule has 27 heavy (non-hydrogen) atoms. The Morgan fingerprint density at radius 2 is 2.07 bits per heavy atom. The highest BCUT2D eigenvalue weighted by Gasteiger charge is 2.26. The van der Waals surface area contributed by atoms with E-state index < -0.39 is 0 Å². The van der Waals surface area contributed by atoms with Gasteiger partial charge in [0.15, 0.2) is 5.76 Å². The van der Waals surface area contributed by atoms with Gasteiger partial charge in [-0.25, -0.2) is 0 Å². The molecule has 0 N–H and O–H groups in total. The third kappa shape index (κ3) is 4.26. The van der Waals surface area contributed by atoms with Gasteiger partial charge in [-0.15, -0.1) is 11.3 Å². The van der Waals surface area contributed by atoms with Gasteiger partial charge in [-0.2, -0.15) is 0 Å². The number of rotatable bonds is 6. The van der Waals surface area contributed by atoms with Crippen molar-refractivity contribution in [1.82, 2.24) is 4.90 Å². The van der Waals surface area contributed by atoms with E-state index >= 15 is 0 Å². The lowest BCUT2D eigenvalue weighted by Crippen LogP contribution is -2.36. The molecule has 1 unspecified atom stereocenters. The predicted octanol–water partition coefficient (Wildman–Crippen LogP) is 5.48. The van der Waals surface area contributed by atoms with Crippen LogP contribution in [0.5, 0.6) is 0 Å². The molecule has 4 rings (SSSR count). The van der Waals surface area contributed by atoms with Crippen LogP contribution < -0.4 is 0 Å². The molecular formula is C21H20ClNO3S. The monoisotopic (exact) mass is 401 g/mol. The molecule has 1 atom stereocenters. The van der Waals surface area contributed by atoms with Gasteiger partial charge in [0, 0.05) is 23.6 Å². The molecule has 140 valence electrons. The fourth-order valence-corrected chi connectivity index (χ4v) is 4.21. The lowest BCUT2D eigenvalue weighted by atomic mass is 10.2. The maximum Gasteiger partial charge on any atom is 0.289 e. The van der Waals surface area contributed by atoms with Gasteiger partial charge in [0.2, 0.25) is 0 Å². The first-order valence-electron chi connectivity index (χ1n) is 8.99. The minimum absolute atomic E-state index is 0.0897. The van der Waals surface area contributed by atoms with E-state index in [9.17, 15) is 4.79 Å². The third-order valence-corrected chi connectivity index (χ3v) is 5.81. The van der Waals surface area contributed by atoms with Crippen molar-refractivity contribution < 1.29 is 13.9 Å². The average molecular weight is 402 g/mol. The van der Waals surface area contributed by atoms with Crippen LogP contribution in [0.3, 0.4) is 0 Å². The minimum atomic E-state index is -0.128. The van der Waals surface area contributed by atoms with E-state index in [2.05, 4.69) is 0 Å². The maximum absolute atomic E-state index is 13.1. The van der Waals surface area contributed by atoms with Gasteiger partial charge in [-0.1, -0.05) is 29.8 Å². The fraction of sp³-hybridized carbons (Fsp3) is 0.286. The molecule has 0 saturated carbocycles. The second-order valence-electron chi connectivity index (χ2n) is 6.54. The predicted molar refractivity (Wildman–Crippen MR) is 107 cm³/mol. The molecule has 6 heteroatoms. The van der Waals surface area contributed by atoms with Crippen molar-refractivity contribution in [2.45, 2.75) is 25.5 Å². The first-order valence-corrected chi connectivity index (χ1v) is 10.2. The summed E-state index contributed by atoms with van der Waals surface area (Å²) in [5.74, 6) is 0.786. The van der Waals surface area contributed by atoms with Crippen molar-refractivity contribution in [2.24, 2.45) is 0 Å². The van der Waals surface area contributed by atoms with Crippen molar-refractivity contribution in [1.29, 1.82) is 0 Å². The number of halogens is 1. The number of benzene rings is 1. The Balaban J connectivity index is 1.56. The Bertz CT molecular complexity index is 900. The Hall–Kier alpha value is -2.08. The van der Waals surface area contributed by atoms with Gasteiger partial charge in [0.25, 0.3) is 5.91 Å². The second-order valence-corrected chi connectivity index (χ2v) is 7.98. The van der Waals surface area contributed by atoms with E-state index in [1.54, 1.807) is 29.5 Å². The summed E-state index contributed by atoms with van der Waals surface area (Å²) in [4.78, 5) is 16.1. The lowest BCUT2D eigenvalue weighted by Gasteiger charge is -2.24. The summed E-state index contributed by atoms with van der Waals surface area (Å²) in [5.41, 5.74) is 0.780. The van der Waals surface area contributed by atoms with Crippen molar-refractivity contribution >= 4 is 28.8 Å². The molecule has 4 nitrogen and oxygen atoms in total. The molecule has 1 saturated heterocycles. The lowest BCUT2D eigenvalue weighted by molar-refractivity contribution is 0.0487. The summed E-state index contributed by atoms with van der Waals surface area (Å²) in [6.07, 6.45) is 2.12. The van der Waals surface area contributed by atoms with E-state index in [0.717, 1.165) is 29.9 Å². The first-order chi connectivity index (χ1) is 13.2. The zero-order valence-electron chi connectivity index (χ0n) is 14.8. The summed E-state index contributed by atoms with van der Waals surface area (Å²) < 4.78 is 11.6. The van der Waals surface area contributed by atoms with Crippen LogP contribution in [0.25, 0.3) is 11.3 Å².